The molecule has 0 atom stereocenters. The second-order valence-electron chi connectivity index (χ2n) is 6.46. The molecule has 3 rings (SSSR count). The van der Waals surface area contributed by atoms with Crippen LogP contribution in [0.5, 0.6) is 0 Å². The number of halogens is 1. The van der Waals surface area contributed by atoms with E-state index in [0.29, 0.717) is 19.0 Å². The van der Waals surface area contributed by atoms with Gasteiger partial charge in [0.05, 0.1) is 0 Å². The van der Waals surface area contributed by atoms with Crippen LogP contribution in [-0.4, -0.2) is 34.2 Å². The lowest BCUT2D eigenvalue weighted by Crippen LogP contribution is -2.37. The molecule has 23 heavy (non-hydrogen) atoms. The van der Waals surface area contributed by atoms with E-state index >= 15 is 0 Å². The number of H-pyrrole nitrogens is 1. The van der Waals surface area contributed by atoms with Gasteiger partial charge in [0, 0.05) is 30.2 Å². The van der Waals surface area contributed by atoms with Crippen molar-refractivity contribution in [3.05, 3.63) is 35.8 Å². The molecular formula is C18H23FN2O2. The minimum absolute atomic E-state index is 0.191. The first-order chi connectivity index (χ1) is 11.1. The lowest BCUT2D eigenvalue weighted by Gasteiger charge is -2.29. The van der Waals surface area contributed by atoms with Crippen molar-refractivity contribution in [2.75, 3.05) is 13.1 Å². The van der Waals surface area contributed by atoms with E-state index in [9.17, 15) is 9.18 Å². The first-order valence-electron chi connectivity index (χ1n) is 8.37. The number of carboxylic acid groups (broad SMARTS) is 1. The first kappa shape index (κ1) is 15.8. The van der Waals surface area contributed by atoms with Crippen molar-refractivity contribution in [1.29, 1.82) is 0 Å². The summed E-state index contributed by atoms with van der Waals surface area (Å²) in [5.74, 6) is 0.453. The molecule has 0 bridgehead atoms. The summed E-state index contributed by atoms with van der Waals surface area (Å²) < 4.78 is 13.4. The Labute approximate surface area is 135 Å². The smallest absolute Gasteiger partial charge is 0.407 e. The minimum atomic E-state index is -0.796. The van der Waals surface area contributed by atoms with Gasteiger partial charge in [-0.2, -0.15) is 0 Å². The third-order valence-corrected chi connectivity index (χ3v) is 4.92. The van der Waals surface area contributed by atoms with Gasteiger partial charge in [0.1, 0.15) is 5.82 Å². The highest BCUT2D eigenvalue weighted by Crippen LogP contribution is 2.25. The van der Waals surface area contributed by atoms with Gasteiger partial charge in [-0.3, -0.25) is 0 Å². The zero-order valence-electron chi connectivity index (χ0n) is 13.2. The number of hydrogen-bond donors (Lipinski definition) is 2. The number of piperidine rings is 1. The fourth-order valence-electron chi connectivity index (χ4n) is 3.52. The summed E-state index contributed by atoms with van der Waals surface area (Å²) in [6.45, 7) is 1.34. The largest absolute Gasteiger partial charge is 0.465 e. The molecule has 1 aliphatic rings. The molecule has 0 unspecified atom stereocenters. The Morgan fingerprint density at radius 3 is 2.83 bits per heavy atom. The van der Waals surface area contributed by atoms with Crippen LogP contribution in [0.25, 0.3) is 10.9 Å². The third kappa shape index (κ3) is 3.84. The van der Waals surface area contributed by atoms with Crippen molar-refractivity contribution in [3.63, 3.8) is 0 Å². The zero-order chi connectivity index (χ0) is 16.2. The number of aryl methyl sites for hydroxylation is 1. The molecule has 2 aromatic rings. The summed E-state index contributed by atoms with van der Waals surface area (Å²) in [5.41, 5.74) is 2.17. The normalized spacial score (nSPS) is 16.1. The molecule has 0 spiro atoms. The number of rotatable bonds is 5. The van der Waals surface area contributed by atoms with Crippen molar-refractivity contribution >= 4 is 17.0 Å². The summed E-state index contributed by atoms with van der Waals surface area (Å²) in [5, 5.41) is 9.93. The average Bonchev–Trinajstić information content (AvgIpc) is 2.94. The number of fused-ring (bicyclic) bond motifs is 1. The lowest BCUT2D eigenvalue weighted by molar-refractivity contribution is 0.122. The highest BCUT2D eigenvalue weighted by Gasteiger charge is 2.21. The van der Waals surface area contributed by atoms with E-state index in [4.69, 9.17) is 5.11 Å². The molecule has 0 saturated carbocycles. The van der Waals surface area contributed by atoms with E-state index in [2.05, 4.69) is 4.98 Å². The number of nitrogens with one attached hydrogen (secondary N) is 1. The Bertz CT molecular complexity index is 675. The maximum atomic E-state index is 13.4. The number of benzene rings is 1. The van der Waals surface area contributed by atoms with E-state index in [-0.39, 0.29) is 5.82 Å². The Kier molecular flexibility index (Phi) is 4.84. The van der Waals surface area contributed by atoms with E-state index in [1.54, 1.807) is 12.1 Å². The van der Waals surface area contributed by atoms with Crippen LogP contribution in [0.4, 0.5) is 9.18 Å². The number of aromatic nitrogens is 1. The van der Waals surface area contributed by atoms with Crippen LogP contribution in [0.2, 0.25) is 0 Å². The average molecular weight is 318 g/mol. The molecule has 1 aromatic heterocycles. The van der Waals surface area contributed by atoms with Crippen molar-refractivity contribution in [1.82, 2.24) is 9.88 Å². The van der Waals surface area contributed by atoms with Crippen LogP contribution in [-0.2, 0) is 6.42 Å². The van der Waals surface area contributed by atoms with Crippen molar-refractivity contribution in [3.8, 4) is 0 Å². The Morgan fingerprint density at radius 1 is 1.30 bits per heavy atom. The number of hydrogen-bond acceptors (Lipinski definition) is 1. The van der Waals surface area contributed by atoms with Crippen molar-refractivity contribution in [2.24, 2.45) is 5.92 Å². The minimum Gasteiger partial charge on any atom is -0.465 e. The lowest BCUT2D eigenvalue weighted by atomic mass is 9.91. The zero-order valence-corrected chi connectivity index (χ0v) is 13.2. The number of likely N-dealkylation sites (tertiary alicyclic amines) is 1. The van der Waals surface area contributed by atoms with Gasteiger partial charge in [0.2, 0.25) is 0 Å². The summed E-state index contributed by atoms with van der Waals surface area (Å²) in [6, 6.07) is 4.86. The van der Waals surface area contributed by atoms with Gasteiger partial charge in [-0.15, -0.1) is 0 Å². The van der Waals surface area contributed by atoms with Gasteiger partial charge >= 0.3 is 6.09 Å². The van der Waals surface area contributed by atoms with Crippen molar-refractivity contribution < 1.29 is 14.3 Å². The summed E-state index contributed by atoms with van der Waals surface area (Å²) in [6.07, 6.45) is 7.48. The molecule has 5 heteroatoms. The fourth-order valence-corrected chi connectivity index (χ4v) is 3.52. The van der Waals surface area contributed by atoms with Gasteiger partial charge < -0.3 is 15.0 Å². The number of amides is 1. The Morgan fingerprint density at radius 2 is 2.09 bits per heavy atom. The maximum absolute atomic E-state index is 13.4. The van der Waals surface area contributed by atoms with E-state index < -0.39 is 6.09 Å². The molecule has 2 heterocycles. The number of nitrogens with zero attached hydrogens (tertiary/aromatic N) is 1. The molecule has 4 nitrogen and oxygen atoms in total. The summed E-state index contributed by atoms with van der Waals surface area (Å²) >= 11 is 0. The molecule has 2 N–H and O–H groups in total. The molecule has 1 amide bonds. The second kappa shape index (κ2) is 7.02. The monoisotopic (exact) mass is 318 g/mol. The number of aromatic amines is 1. The molecule has 1 fully saturated rings. The molecular weight excluding hydrogens is 295 g/mol. The van der Waals surface area contributed by atoms with Crippen molar-refractivity contribution in [2.45, 2.75) is 38.5 Å². The molecule has 0 aliphatic carbocycles. The maximum Gasteiger partial charge on any atom is 0.407 e. The molecule has 1 aliphatic heterocycles. The fraction of sp³-hybridized carbons (Fsp3) is 0.500. The van der Waals surface area contributed by atoms with Crippen LogP contribution >= 0.6 is 0 Å². The van der Waals surface area contributed by atoms with Gasteiger partial charge in [-0.25, -0.2) is 9.18 Å². The van der Waals surface area contributed by atoms with E-state index in [1.807, 2.05) is 6.20 Å². The third-order valence-electron chi connectivity index (χ3n) is 4.92. The highest BCUT2D eigenvalue weighted by atomic mass is 19.1. The number of unbranched alkanes of at least 4 members (excludes halogenated alkanes) is 1. The van der Waals surface area contributed by atoms with Gasteiger partial charge in [0.15, 0.2) is 0 Å². The van der Waals surface area contributed by atoms with Crippen LogP contribution in [0.15, 0.2) is 24.4 Å². The SMILES string of the molecule is O=C(O)N1CCC(CCCCc2c[nH]c3ccc(F)cc23)CC1. The van der Waals surface area contributed by atoms with E-state index in [0.717, 1.165) is 49.4 Å². The molecule has 1 aromatic carbocycles. The van der Waals surface area contributed by atoms with Crippen LogP contribution in [0.1, 0.15) is 37.7 Å². The van der Waals surface area contributed by atoms with Gasteiger partial charge in [0.25, 0.3) is 0 Å². The van der Waals surface area contributed by atoms with Gasteiger partial charge in [-0.05, 0) is 55.4 Å². The highest BCUT2D eigenvalue weighted by molar-refractivity contribution is 5.83. The Balaban J connectivity index is 1.43. The Hall–Kier alpha value is -2.04. The van der Waals surface area contributed by atoms with Crippen LogP contribution in [0.3, 0.4) is 0 Å². The predicted molar refractivity (Wildman–Crippen MR) is 88.1 cm³/mol. The topological polar surface area (TPSA) is 56.3 Å². The first-order valence-corrected chi connectivity index (χ1v) is 8.37. The quantitative estimate of drug-likeness (QED) is 0.802. The molecule has 124 valence electrons. The number of carbonyl (C=O) groups is 1. The van der Waals surface area contributed by atoms with Crippen LogP contribution in [0, 0.1) is 11.7 Å². The van der Waals surface area contributed by atoms with E-state index in [1.165, 1.54) is 16.5 Å². The second-order valence-corrected chi connectivity index (χ2v) is 6.46. The summed E-state index contributed by atoms with van der Waals surface area (Å²) in [4.78, 5) is 15.6. The standard InChI is InChI=1S/C18H23FN2O2/c19-15-5-6-17-16(11-15)14(12-20-17)4-2-1-3-13-7-9-21(10-8-13)18(22)23/h5-6,11-13,20H,1-4,7-10H2,(H,22,23). The molecule has 0 radical (unpaired) electrons. The molecule has 1 saturated heterocycles. The predicted octanol–water partition coefficient (Wildman–Crippen LogP) is 4.41. The van der Waals surface area contributed by atoms with Crippen LogP contribution < -0.4 is 0 Å². The summed E-state index contributed by atoms with van der Waals surface area (Å²) in [7, 11) is 0. The van der Waals surface area contributed by atoms with Gasteiger partial charge in [-0.1, -0.05) is 12.8 Å².